The summed E-state index contributed by atoms with van der Waals surface area (Å²) in [5.41, 5.74) is 3.12. The van der Waals surface area contributed by atoms with Gasteiger partial charge in [-0.15, -0.1) is 0 Å². The van der Waals surface area contributed by atoms with Crippen molar-refractivity contribution in [1.82, 2.24) is 14.4 Å². The number of hydrogen-bond donors (Lipinski definition) is 0. The van der Waals surface area contributed by atoms with E-state index in [2.05, 4.69) is 47.0 Å². The van der Waals surface area contributed by atoms with Crippen molar-refractivity contribution in [3.8, 4) is 0 Å². The maximum absolute atomic E-state index is 13.2. The van der Waals surface area contributed by atoms with Crippen LogP contribution in [0.1, 0.15) is 12.0 Å². The highest BCUT2D eigenvalue weighted by molar-refractivity contribution is 6.21. The summed E-state index contributed by atoms with van der Waals surface area (Å²) in [6, 6.07) is 17.0. The van der Waals surface area contributed by atoms with E-state index in [1.165, 1.54) is 21.4 Å². The fraction of sp³-hybridized carbons (Fsp3) is 0.304. The van der Waals surface area contributed by atoms with Crippen LogP contribution in [0.2, 0.25) is 0 Å². The highest BCUT2D eigenvalue weighted by Gasteiger charge is 2.47. The topological polar surface area (TPSA) is 48.8 Å². The van der Waals surface area contributed by atoms with E-state index in [0.717, 1.165) is 19.5 Å². The van der Waals surface area contributed by atoms with Crippen molar-refractivity contribution >= 4 is 28.5 Å². The molecule has 148 valence electrons. The van der Waals surface area contributed by atoms with Crippen LogP contribution in [-0.4, -0.2) is 52.0 Å². The fourth-order valence-corrected chi connectivity index (χ4v) is 4.62. The van der Waals surface area contributed by atoms with Crippen molar-refractivity contribution in [1.29, 1.82) is 0 Å². The van der Waals surface area contributed by atoms with Crippen molar-refractivity contribution in [3.05, 3.63) is 66.4 Å². The average molecular weight is 388 g/mol. The van der Waals surface area contributed by atoms with Gasteiger partial charge in [-0.3, -0.25) is 9.69 Å². The Bertz CT molecular complexity index is 1070. The van der Waals surface area contributed by atoms with E-state index >= 15 is 0 Å². The maximum Gasteiger partial charge on any atom is 0.332 e. The predicted molar refractivity (Wildman–Crippen MR) is 113 cm³/mol. The monoisotopic (exact) mass is 388 g/mol. The molecule has 6 heteroatoms. The molecule has 0 N–H and O–H groups in total. The number of anilines is 1. The maximum atomic E-state index is 13.2. The lowest BCUT2D eigenvalue weighted by atomic mass is 10.1. The summed E-state index contributed by atoms with van der Waals surface area (Å²) in [7, 11) is 2.06. The van der Waals surface area contributed by atoms with Crippen molar-refractivity contribution in [3.63, 3.8) is 0 Å². The van der Waals surface area contributed by atoms with E-state index in [-0.39, 0.29) is 11.9 Å². The number of rotatable bonds is 3. The number of aromatic nitrogens is 1. The van der Waals surface area contributed by atoms with E-state index < -0.39 is 6.04 Å². The van der Waals surface area contributed by atoms with Crippen molar-refractivity contribution in [2.24, 2.45) is 7.05 Å². The van der Waals surface area contributed by atoms with Gasteiger partial charge in [-0.1, -0.05) is 36.4 Å². The number of carbonyl (C=O) groups is 2. The van der Waals surface area contributed by atoms with Crippen molar-refractivity contribution in [2.45, 2.75) is 19.0 Å². The number of fused-ring (bicyclic) bond motifs is 2. The zero-order chi connectivity index (χ0) is 20.0. The Morgan fingerprint density at radius 3 is 2.55 bits per heavy atom. The Labute approximate surface area is 169 Å². The minimum absolute atomic E-state index is 0.119. The molecule has 29 heavy (non-hydrogen) atoms. The van der Waals surface area contributed by atoms with Gasteiger partial charge in [0.2, 0.25) is 0 Å². The number of carbonyl (C=O) groups excluding carboxylic acids is 2. The first-order valence-corrected chi connectivity index (χ1v) is 10.1. The lowest BCUT2D eigenvalue weighted by Gasteiger charge is -2.23. The van der Waals surface area contributed by atoms with E-state index in [4.69, 9.17) is 0 Å². The van der Waals surface area contributed by atoms with Gasteiger partial charge in [0.05, 0.1) is 5.69 Å². The Kier molecular flexibility index (Phi) is 4.36. The molecule has 0 saturated carbocycles. The summed E-state index contributed by atoms with van der Waals surface area (Å²) in [5.74, 6) is -0.119. The predicted octanol–water partition coefficient (Wildman–Crippen LogP) is 3.22. The molecule has 5 rings (SSSR count). The number of para-hydroxylation sites is 2. The third kappa shape index (κ3) is 3.00. The Hall–Kier alpha value is -3.12. The van der Waals surface area contributed by atoms with Crippen LogP contribution in [0.25, 0.3) is 10.9 Å². The molecule has 1 atom stereocenters. The number of urea groups is 1. The molecular formula is C23H24N4O2. The first-order chi connectivity index (χ1) is 14.1. The van der Waals surface area contributed by atoms with E-state index in [1.807, 2.05) is 30.3 Å². The second kappa shape index (κ2) is 7.04. The minimum atomic E-state index is -0.416. The second-order valence-corrected chi connectivity index (χ2v) is 7.87. The molecule has 0 bridgehead atoms. The SMILES string of the molecule is Cn1cc(CN2CCCN3C(=O)N(c4ccccc4)C(=O)C3C2)c2ccccc21. The molecule has 2 saturated heterocycles. The van der Waals surface area contributed by atoms with Gasteiger partial charge in [0.1, 0.15) is 6.04 Å². The van der Waals surface area contributed by atoms with Crippen LogP contribution in [0.15, 0.2) is 60.8 Å². The number of benzene rings is 2. The highest BCUT2D eigenvalue weighted by atomic mass is 16.2. The van der Waals surface area contributed by atoms with Crippen LogP contribution >= 0.6 is 0 Å². The summed E-state index contributed by atoms with van der Waals surface area (Å²) in [5, 5.41) is 1.25. The molecule has 1 unspecified atom stereocenters. The van der Waals surface area contributed by atoms with Crippen LogP contribution in [-0.2, 0) is 18.4 Å². The lowest BCUT2D eigenvalue weighted by Crippen LogP contribution is -2.41. The largest absolute Gasteiger partial charge is 0.350 e. The van der Waals surface area contributed by atoms with Crippen LogP contribution < -0.4 is 4.90 Å². The molecule has 2 aromatic carbocycles. The highest BCUT2D eigenvalue weighted by Crippen LogP contribution is 2.28. The van der Waals surface area contributed by atoms with Gasteiger partial charge in [-0.2, -0.15) is 0 Å². The van der Waals surface area contributed by atoms with Gasteiger partial charge in [0.15, 0.2) is 0 Å². The Balaban J connectivity index is 1.40. The zero-order valence-electron chi connectivity index (χ0n) is 16.5. The molecule has 2 aliphatic rings. The number of hydrogen-bond acceptors (Lipinski definition) is 3. The quantitative estimate of drug-likeness (QED) is 0.648. The number of amides is 3. The molecule has 2 fully saturated rings. The molecule has 3 heterocycles. The zero-order valence-corrected chi connectivity index (χ0v) is 16.5. The first kappa shape index (κ1) is 17.9. The minimum Gasteiger partial charge on any atom is -0.350 e. The van der Waals surface area contributed by atoms with Crippen molar-refractivity contribution in [2.75, 3.05) is 24.5 Å². The molecule has 1 aromatic heterocycles. The summed E-state index contributed by atoms with van der Waals surface area (Å²) in [6.45, 7) is 2.84. The van der Waals surface area contributed by atoms with Crippen LogP contribution in [0, 0.1) is 0 Å². The Morgan fingerprint density at radius 1 is 0.966 bits per heavy atom. The molecule has 3 aromatic rings. The Morgan fingerprint density at radius 2 is 1.72 bits per heavy atom. The fourth-order valence-electron chi connectivity index (χ4n) is 4.62. The molecule has 0 aliphatic carbocycles. The molecular weight excluding hydrogens is 364 g/mol. The van der Waals surface area contributed by atoms with Gasteiger partial charge < -0.3 is 9.47 Å². The summed E-state index contributed by atoms with van der Waals surface area (Å²) < 4.78 is 2.15. The number of aryl methyl sites for hydroxylation is 1. The van der Waals surface area contributed by atoms with Crippen LogP contribution in [0.5, 0.6) is 0 Å². The van der Waals surface area contributed by atoms with Gasteiger partial charge >= 0.3 is 6.03 Å². The second-order valence-electron chi connectivity index (χ2n) is 7.87. The molecule has 0 spiro atoms. The van der Waals surface area contributed by atoms with Crippen LogP contribution in [0.3, 0.4) is 0 Å². The van der Waals surface area contributed by atoms with Gasteiger partial charge in [-0.25, -0.2) is 9.69 Å². The molecule has 3 amide bonds. The third-order valence-electron chi connectivity index (χ3n) is 6.01. The average Bonchev–Trinajstić information content (AvgIpc) is 3.05. The molecule has 2 aliphatic heterocycles. The third-order valence-corrected chi connectivity index (χ3v) is 6.01. The summed E-state index contributed by atoms with van der Waals surface area (Å²) in [6.07, 6.45) is 3.04. The summed E-state index contributed by atoms with van der Waals surface area (Å²) >= 11 is 0. The molecule has 0 radical (unpaired) electrons. The van der Waals surface area contributed by atoms with Crippen molar-refractivity contribution < 1.29 is 9.59 Å². The molecule has 6 nitrogen and oxygen atoms in total. The first-order valence-electron chi connectivity index (χ1n) is 10.1. The van der Waals surface area contributed by atoms with E-state index in [9.17, 15) is 9.59 Å². The van der Waals surface area contributed by atoms with Gasteiger partial charge in [0.25, 0.3) is 5.91 Å². The normalized spacial score (nSPS) is 20.4. The van der Waals surface area contributed by atoms with Crippen LogP contribution in [0.4, 0.5) is 10.5 Å². The van der Waals surface area contributed by atoms with E-state index in [1.54, 1.807) is 4.90 Å². The van der Waals surface area contributed by atoms with Gasteiger partial charge in [0, 0.05) is 50.3 Å². The standard InChI is InChI=1S/C23H24N4O2/c1-24-14-17(19-10-5-6-11-20(19)24)15-25-12-7-13-26-21(16-25)22(28)27(23(26)29)18-8-3-2-4-9-18/h2-6,8-11,14,21H,7,12-13,15-16H2,1H3. The lowest BCUT2D eigenvalue weighted by molar-refractivity contribution is -0.120. The smallest absolute Gasteiger partial charge is 0.332 e. The van der Waals surface area contributed by atoms with E-state index in [0.29, 0.717) is 18.8 Å². The summed E-state index contributed by atoms with van der Waals surface area (Å²) in [4.78, 5) is 31.5. The number of nitrogens with zero attached hydrogens (tertiary/aromatic N) is 4. The number of imide groups is 1. The van der Waals surface area contributed by atoms with Gasteiger partial charge in [-0.05, 0) is 30.2 Å².